The largest absolute Gasteiger partial charge is 0.479 e. The van der Waals surface area contributed by atoms with E-state index in [2.05, 4.69) is 5.32 Å². The Labute approximate surface area is 120 Å². The summed E-state index contributed by atoms with van der Waals surface area (Å²) in [5.41, 5.74) is 5.85. The van der Waals surface area contributed by atoms with E-state index in [4.69, 9.17) is 15.6 Å². The van der Waals surface area contributed by atoms with Crippen molar-refractivity contribution in [3.05, 3.63) is 29.8 Å². The van der Waals surface area contributed by atoms with Gasteiger partial charge in [-0.3, -0.25) is 4.79 Å². The number of hydrogen-bond acceptors (Lipinski definition) is 4. The first kappa shape index (κ1) is 14.8. The summed E-state index contributed by atoms with van der Waals surface area (Å²) in [5.74, 6) is -1.70. The van der Waals surface area contributed by atoms with Gasteiger partial charge in [0.15, 0.2) is 6.10 Å². The number of nitrogens with zero attached hydrogens (tertiary/aromatic N) is 1. The molecule has 1 saturated heterocycles. The number of nitrogens with two attached hydrogens (primary N) is 1. The zero-order valence-electron chi connectivity index (χ0n) is 11.1. The molecule has 0 bridgehead atoms. The fourth-order valence-corrected chi connectivity index (χ4v) is 1.94. The highest BCUT2D eigenvalue weighted by Crippen LogP contribution is 2.13. The van der Waals surface area contributed by atoms with Gasteiger partial charge >= 0.3 is 12.0 Å². The molecule has 1 heterocycles. The lowest BCUT2D eigenvalue weighted by Crippen LogP contribution is -2.49. The molecule has 2 rings (SSSR count). The predicted molar refractivity (Wildman–Crippen MR) is 72.9 cm³/mol. The van der Waals surface area contributed by atoms with Gasteiger partial charge in [0, 0.05) is 17.8 Å². The van der Waals surface area contributed by atoms with Crippen LogP contribution in [-0.2, 0) is 9.53 Å². The number of aliphatic carboxylic acids is 1. The number of hydrogen-bond donors (Lipinski definition) is 3. The van der Waals surface area contributed by atoms with Crippen LogP contribution in [0.15, 0.2) is 24.3 Å². The van der Waals surface area contributed by atoms with Crippen LogP contribution in [0.1, 0.15) is 10.4 Å². The maximum absolute atomic E-state index is 12.1. The average Bonchev–Trinajstić information content (AvgIpc) is 2.47. The van der Waals surface area contributed by atoms with Crippen LogP contribution in [0, 0.1) is 0 Å². The second-order valence-electron chi connectivity index (χ2n) is 4.52. The summed E-state index contributed by atoms with van der Waals surface area (Å²) in [6.07, 6.45) is -1.03. The summed E-state index contributed by atoms with van der Waals surface area (Å²) >= 11 is 0. The molecule has 1 unspecified atom stereocenters. The van der Waals surface area contributed by atoms with Gasteiger partial charge in [-0.25, -0.2) is 9.59 Å². The Balaban J connectivity index is 2.02. The lowest BCUT2D eigenvalue weighted by molar-refractivity contribution is -0.154. The number of nitrogens with one attached hydrogen (secondary N) is 1. The molecule has 1 aromatic carbocycles. The van der Waals surface area contributed by atoms with Gasteiger partial charge in [0.25, 0.3) is 0 Å². The van der Waals surface area contributed by atoms with Crippen molar-refractivity contribution in [1.82, 2.24) is 4.90 Å². The lowest BCUT2D eigenvalue weighted by atomic mass is 10.2. The Morgan fingerprint density at radius 3 is 2.81 bits per heavy atom. The summed E-state index contributed by atoms with van der Waals surface area (Å²) in [5, 5.41) is 11.5. The molecule has 1 atom stereocenters. The number of urea groups is 1. The van der Waals surface area contributed by atoms with E-state index >= 15 is 0 Å². The van der Waals surface area contributed by atoms with Crippen molar-refractivity contribution >= 4 is 23.6 Å². The molecule has 4 N–H and O–H groups in total. The average molecular weight is 293 g/mol. The topological polar surface area (TPSA) is 122 Å². The van der Waals surface area contributed by atoms with Gasteiger partial charge < -0.3 is 25.8 Å². The number of carbonyl (C=O) groups excluding carboxylic acids is 2. The first-order chi connectivity index (χ1) is 9.97. The third-order valence-electron chi connectivity index (χ3n) is 3.03. The molecule has 3 amide bonds. The molecule has 1 aliphatic rings. The van der Waals surface area contributed by atoms with Crippen LogP contribution < -0.4 is 11.1 Å². The number of morpholine rings is 1. The van der Waals surface area contributed by atoms with Crippen molar-refractivity contribution in [2.45, 2.75) is 6.10 Å². The number of ether oxygens (including phenoxy) is 1. The zero-order valence-corrected chi connectivity index (χ0v) is 11.1. The van der Waals surface area contributed by atoms with Crippen LogP contribution in [0.2, 0.25) is 0 Å². The minimum absolute atomic E-state index is 0.0311. The quantitative estimate of drug-likeness (QED) is 0.729. The maximum Gasteiger partial charge on any atom is 0.334 e. The Morgan fingerprint density at radius 2 is 2.14 bits per heavy atom. The van der Waals surface area contributed by atoms with E-state index in [1.54, 1.807) is 12.1 Å². The zero-order chi connectivity index (χ0) is 15.4. The highest BCUT2D eigenvalue weighted by molar-refractivity contribution is 5.96. The van der Waals surface area contributed by atoms with E-state index in [9.17, 15) is 14.4 Å². The second kappa shape index (κ2) is 6.23. The van der Waals surface area contributed by atoms with Crippen molar-refractivity contribution in [2.24, 2.45) is 5.73 Å². The number of primary amides is 1. The van der Waals surface area contributed by atoms with E-state index in [0.29, 0.717) is 12.2 Å². The molecule has 0 aromatic heterocycles. The molecular weight excluding hydrogens is 278 g/mol. The van der Waals surface area contributed by atoms with Crippen LogP contribution in [0.25, 0.3) is 0 Å². The van der Waals surface area contributed by atoms with Crippen molar-refractivity contribution in [2.75, 3.05) is 25.0 Å². The number of carbonyl (C=O) groups is 3. The normalized spacial score (nSPS) is 18.1. The smallest absolute Gasteiger partial charge is 0.334 e. The fraction of sp³-hybridized carbons (Fsp3) is 0.308. The Kier molecular flexibility index (Phi) is 4.39. The first-order valence-electron chi connectivity index (χ1n) is 6.27. The minimum Gasteiger partial charge on any atom is -0.479 e. The van der Waals surface area contributed by atoms with Gasteiger partial charge in [-0.2, -0.15) is 0 Å². The van der Waals surface area contributed by atoms with E-state index in [1.807, 2.05) is 0 Å². The SMILES string of the molecule is NC(=O)c1cccc(NC(=O)N2CCOC(C(=O)O)C2)c1. The number of rotatable bonds is 3. The Morgan fingerprint density at radius 1 is 1.38 bits per heavy atom. The minimum atomic E-state index is -1.11. The maximum atomic E-state index is 12.1. The number of carboxylic acids is 1. The number of anilines is 1. The van der Waals surface area contributed by atoms with Gasteiger partial charge in [0.05, 0.1) is 13.2 Å². The molecule has 0 radical (unpaired) electrons. The van der Waals surface area contributed by atoms with Gasteiger partial charge in [0.2, 0.25) is 5.91 Å². The van der Waals surface area contributed by atoms with Gasteiger partial charge in [-0.15, -0.1) is 0 Å². The molecule has 1 aliphatic heterocycles. The van der Waals surface area contributed by atoms with Crippen molar-refractivity contribution in [3.8, 4) is 0 Å². The predicted octanol–water partition coefficient (Wildman–Crippen LogP) is 0.103. The van der Waals surface area contributed by atoms with Crippen LogP contribution in [0.3, 0.4) is 0 Å². The summed E-state index contributed by atoms with van der Waals surface area (Å²) in [6.45, 7) is 0.424. The standard InChI is InChI=1S/C13H15N3O5/c14-11(17)8-2-1-3-9(6-8)15-13(20)16-4-5-21-10(7-16)12(18)19/h1-3,6,10H,4-5,7H2,(H2,14,17)(H,15,20)(H,18,19). The summed E-state index contributed by atoms with van der Waals surface area (Å²) in [4.78, 5) is 35.4. The number of carboxylic acid groups (broad SMARTS) is 1. The Hall–Kier alpha value is -2.61. The lowest BCUT2D eigenvalue weighted by Gasteiger charge is -2.30. The molecule has 8 nitrogen and oxygen atoms in total. The van der Waals surface area contributed by atoms with Crippen LogP contribution in [0.4, 0.5) is 10.5 Å². The number of benzene rings is 1. The molecule has 8 heteroatoms. The molecule has 21 heavy (non-hydrogen) atoms. The van der Waals surface area contributed by atoms with Gasteiger partial charge in [0.1, 0.15) is 0 Å². The van der Waals surface area contributed by atoms with Crippen LogP contribution in [0.5, 0.6) is 0 Å². The molecule has 0 saturated carbocycles. The van der Waals surface area contributed by atoms with Gasteiger partial charge in [-0.05, 0) is 18.2 Å². The molecule has 1 aromatic rings. The van der Waals surface area contributed by atoms with E-state index in [1.165, 1.54) is 17.0 Å². The third-order valence-corrected chi connectivity index (χ3v) is 3.03. The Bertz CT molecular complexity index is 575. The highest BCUT2D eigenvalue weighted by Gasteiger charge is 2.28. The van der Waals surface area contributed by atoms with Gasteiger partial charge in [-0.1, -0.05) is 6.07 Å². The first-order valence-corrected chi connectivity index (χ1v) is 6.27. The molecular formula is C13H15N3O5. The van der Waals surface area contributed by atoms with E-state index in [0.717, 1.165) is 0 Å². The van der Waals surface area contributed by atoms with E-state index < -0.39 is 24.0 Å². The fourth-order valence-electron chi connectivity index (χ4n) is 1.94. The summed E-state index contributed by atoms with van der Waals surface area (Å²) in [6, 6.07) is 5.74. The van der Waals surface area contributed by atoms with Crippen molar-refractivity contribution < 1.29 is 24.2 Å². The monoisotopic (exact) mass is 293 g/mol. The van der Waals surface area contributed by atoms with Crippen LogP contribution in [-0.4, -0.2) is 53.7 Å². The van der Waals surface area contributed by atoms with Crippen molar-refractivity contribution in [3.63, 3.8) is 0 Å². The molecule has 112 valence electrons. The number of amides is 3. The third kappa shape index (κ3) is 3.69. The van der Waals surface area contributed by atoms with Crippen LogP contribution >= 0.6 is 0 Å². The molecule has 0 spiro atoms. The van der Waals surface area contributed by atoms with E-state index in [-0.39, 0.29) is 18.7 Å². The second-order valence-corrected chi connectivity index (χ2v) is 4.52. The summed E-state index contributed by atoms with van der Waals surface area (Å²) in [7, 11) is 0. The van der Waals surface area contributed by atoms with Crippen molar-refractivity contribution in [1.29, 1.82) is 0 Å². The highest BCUT2D eigenvalue weighted by atomic mass is 16.5. The molecule has 1 fully saturated rings. The summed E-state index contributed by atoms with van der Waals surface area (Å²) < 4.78 is 5.04. The molecule has 0 aliphatic carbocycles.